The summed E-state index contributed by atoms with van der Waals surface area (Å²) in [5.74, 6) is -0.207. The van der Waals surface area contributed by atoms with E-state index in [0.29, 0.717) is 6.42 Å². The molecule has 140 valence electrons. The molecule has 5 heteroatoms. The Hall–Kier alpha value is -1.30. The van der Waals surface area contributed by atoms with Crippen LogP contribution in [-0.2, 0) is 14.3 Å². The molecule has 4 aliphatic carbocycles. The highest BCUT2D eigenvalue weighted by atomic mass is 16.6. The third kappa shape index (κ3) is 1.68. The molecule has 26 heavy (non-hydrogen) atoms. The molecule has 1 spiro atoms. The van der Waals surface area contributed by atoms with Gasteiger partial charge in [-0.1, -0.05) is 18.6 Å². The van der Waals surface area contributed by atoms with E-state index in [0.717, 1.165) is 24.8 Å². The van der Waals surface area contributed by atoms with Crippen molar-refractivity contribution in [3.63, 3.8) is 0 Å². The molecule has 4 fully saturated rings. The summed E-state index contributed by atoms with van der Waals surface area (Å²) in [6.45, 7) is 3.50. The van der Waals surface area contributed by atoms with Crippen molar-refractivity contribution in [1.82, 2.24) is 0 Å². The summed E-state index contributed by atoms with van der Waals surface area (Å²) >= 11 is 0. The van der Waals surface area contributed by atoms with Crippen molar-refractivity contribution in [2.45, 2.75) is 56.8 Å². The summed E-state index contributed by atoms with van der Waals surface area (Å²) in [5.41, 5.74) is -0.852. The van der Waals surface area contributed by atoms with E-state index in [1.807, 2.05) is 13.0 Å². The number of fused-ring (bicyclic) bond motifs is 3. The second-order valence-electron chi connectivity index (χ2n) is 9.20. The van der Waals surface area contributed by atoms with Crippen LogP contribution in [0.4, 0.5) is 0 Å². The van der Waals surface area contributed by atoms with Crippen molar-refractivity contribution in [2.24, 2.45) is 29.1 Å². The van der Waals surface area contributed by atoms with Crippen LogP contribution in [-0.4, -0.2) is 45.7 Å². The van der Waals surface area contributed by atoms with Crippen LogP contribution in [0.1, 0.15) is 39.5 Å². The predicted octanol–water partition coefficient (Wildman–Crippen LogP) is 1.57. The average Bonchev–Trinajstić information content (AvgIpc) is 3.30. The number of hydrogen-bond donors (Lipinski definition) is 2. The fourth-order valence-electron chi connectivity index (χ4n) is 7.17. The van der Waals surface area contributed by atoms with Crippen molar-refractivity contribution in [3.05, 3.63) is 23.8 Å². The van der Waals surface area contributed by atoms with Crippen LogP contribution in [0.15, 0.2) is 23.8 Å². The normalized spacial score (nSPS) is 53.9. The SMILES string of the molecule is C[C@@H]1CC2C3CCC4=CC(=O)C=CC4(C)[C@@]34O[C@H]4CC2[C@@]1(O)C(=O)CO. The number of Topliss-reactive ketones (excluding diaryl/α,β-unsaturated/α-hetero) is 1. The van der Waals surface area contributed by atoms with Crippen LogP contribution in [0.2, 0.25) is 0 Å². The molecule has 0 amide bonds. The van der Waals surface area contributed by atoms with Crippen LogP contribution in [0.5, 0.6) is 0 Å². The van der Waals surface area contributed by atoms with Gasteiger partial charge >= 0.3 is 0 Å². The average molecular weight is 358 g/mol. The van der Waals surface area contributed by atoms with Gasteiger partial charge in [0.25, 0.3) is 0 Å². The number of epoxide rings is 1. The zero-order valence-electron chi connectivity index (χ0n) is 15.3. The predicted molar refractivity (Wildman–Crippen MR) is 93.1 cm³/mol. The van der Waals surface area contributed by atoms with Crippen LogP contribution >= 0.6 is 0 Å². The highest BCUT2D eigenvalue weighted by Crippen LogP contribution is 2.73. The van der Waals surface area contributed by atoms with Gasteiger partial charge in [0.2, 0.25) is 0 Å². The molecule has 5 aliphatic rings. The first-order valence-electron chi connectivity index (χ1n) is 9.77. The molecule has 0 bridgehead atoms. The molecule has 0 radical (unpaired) electrons. The third-order valence-corrected chi connectivity index (χ3v) is 8.44. The molecule has 0 aromatic rings. The molecular formula is C21H26O5. The van der Waals surface area contributed by atoms with E-state index < -0.39 is 18.0 Å². The number of ketones is 2. The van der Waals surface area contributed by atoms with E-state index in [-0.39, 0.29) is 46.6 Å². The number of carbonyl (C=O) groups excluding carboxylic acids is 2. The summed E-state index contributed by atoms with van der Waals surface area (Å²) < 4.78 is 6.37. The van der Waals surface area contributed by atoms with Gasteiger partial charge in [-0.25, -0.2) is 0 Å². The standard InChI is InChI=1S/C21H26O5/c1-11-7-14-15-4-3-12-8-13(23)5-6-19(12,2)21(15)18(26-21)9-16(14)20(11,25)17(24)10-22/h5-6,8,11,14-16,18,22,25H,3-4,7,9-10H2,1-2H3/t11-,14?,15?,16?,18+,19?,20-,21-/m1/s1. The number of carbonyl (C=O) groups is 2. The minimum absolute atomic E-state index is 0.00335. The number of allylic oxidation sites excluding steroid dienone is 2. The highest BCUT2D eigenvalue weighted by molar-refractivity contribution is 6.01. The van der Waals surface area contributed by atoms with E-state index in [4.69, 9.17) is 4.74 Å². The maximum Gasteiger partial charge on any atom is 0.190 e. The van der Waals surface area contributed by atoms with E-state index in [1.54, 1.807) is 12.2 Å². The minimum atomic E-state index is -1.44. The Bertz CT molecular complexity index is 768. The highest BCUT2D eigenvalue weighted by Gasteiger charge is 2.78. The van der Waals surface area contributed by atoms with Crippen LogP contribution in [0.25, 0.3) is 0 Å². The van der Waals surface area contributed by atoms with Gasteiger partial charge in [-0.15, -0.1) is 0 Å². The summed E-state index contributed by atoms with van der Waals surface area (Å²) in [5, 5.41) is 20.7. The first-order valence-corrected chi connectivity index (χ1v) is 9.77. The number of hydrogen-bond acceptors (Lipinski definition) is 5. The zero-order valence-corrected chi connectivity index (χ0v) is 15.3. The van der Waals surface area contributed by atoms with Crippen LogP contribution < -0.4 is 0 Å². The Labute approximate surface area is 153 Å². The van der Waals surface area contributed by atoms with Gasteiger partial charge in [0.05, 0.1) is 6.10 Å². The van der Waals surface area contributed by atoms with Gasteiger partial charge in [0, 0.05) is 11.3 Å². The zero-order chi connectivity index (χ0) is 18.5. The fourth-order valence-corrected chi connectivity index (χ4v) is 7.17. The smallest absolute Gasteiger partial charge is 0.190 e. The number of ether oxygens (including phenoxy) is 1. The van der Waals surface area contributed by atoms with E-state index in [1.165, 1.54) is 0 Å². The number of aliphatic hydroxyl groups is 2. The molecule has 1 aliphatic heterocycles. The Morgan fingerprint density at radius 3 is 2.85 bits per heavy atom. The van der Waals surface area contributed by atoms with Crippen molar-refractivity contribution >= 4 is 11.6 Å². The van der Waals surface area contributed by atoms with E-state index >= 15 is 0 Å². The van der Waals surface area contributed by atoms with Gasteiger partial charge in [-0.2, -0.15) is 0 Å². The Kier molecular flexibility index (Phi) is 3.20. The van der Waals surface area contributed by atoms with Gasteiger partial charge in [0.1, 0.15) is 17.8 Å². The summed E-state index contributed by atoms with van der Waals surface area (Å²) in [6.07, 6.45) is 8.69. The molecular weight excluding hydrogens is 332 g/mol. The largest absolute Gasteiger partial charge is 0.388 e. The molecule has 4 unspecified atom stereocenters. The maximum atomic E-state index is 12.4. The summed E-state index contributed by atoms with van der Waals surface area (Å²) in [4.78, 5) is 24.3. The third-order valence-electron chi connectivity index (χ3n) is 8.44. The molecule has 1 heterocycles. The second kappa shape index (κ2) is 4.94. The van der Waals surface area contributed by atoms with E-state index in [2.05, 4.69) is 6.92 Å². The van der Waals surface area contributed by atoms with Gasteiger partial charge in [-0.3, -0.25) is 9.59 Å². The van der Waals surface area contributed by atoms with Crippen molar-refractivity contribution in [3.8, 4) is 0 Å². The second-order valence-corrected chi connectivity index (χ2v) is 9.20. The maximum absolute atomic E-state index is 12.4. The van der Waals surface area contributed by atoms with E-state index in [9.17, 15) is 19.8 Å². The molecule has 5 nitrogen and oxygen atoms in total. The summed E-state index contributed by atoms with van der Waals surface area (Å²) in [7, 11) is 0. The molecule has 0 aromatic carbocycles. The number of aliphatic hydroxyl groups excluding tert-OH is 1. The van der Waals surface area contributed by atoms with Crippen molar-refractivity contribution < 1.29 is 24.5 Å². The van der Waals surface area contributed by atoms with Crippen LogP contribution in [0, 0.1) is 29.1 Å². The lowest BCUT2D eigenvalue weighted by molar-refractivity contribution is -0.151. The monoisotopic (exact) mass is 358 g/mol. The molecule has 0 aromatic heterocycles. The Morgan fingerprint density at radius 2 is 2.12 bits per heavy atom. The lowest BCUT2D eigenvalue weighted by Gasteiger charge is -2.52. The van der Waals surface area contributed by atoms with Crippen molar-refractivity contribution in [1.29, 1.82) is 0 Å². The minimum Gasteiger partial charge on any atom is -0.388 e. The van der Waals surface area contributed by atoms with Gasteiger partial charge in [0.15, 0.2) is 11.6 Å². The Balaban J connectivity index is 1.56. The Morgan fingerprint density at radius 1 is 1.35 bits per heavy atom. The lowest BCUT2D eigenvalue weighted by atomic mass is 9.50. The number of rotatable bonds is 2. The molecule has 3 saturated carbocycles. The fraction of sp³-hybridized carbons (Fsp3) is 0.714. The van der Waals surface area contributed by atoms with Gasteiger partial charge in [-0.05, 0) is 62.5 Å². The summed E-state index contributed by atoms with van der Waals surface area (Å²) in [6, 6.07) is 0. The molecule has 1 saturated heterocycles. The molecule has 2 N–H and O–H groups in total. The van der Waals surface area contributed by atoms with Gasteiger partial charge < -0.3 is 14.9 Å². The first kappa shape index (κ1) is 16.8. The lowest BCUT2D eigenvalue weighted by Crippen LogP contribution is -2.57. The topological polar surface area (TPSA) is 87.1 Å². The molecule has 5 rings (SSSR count). The van der Waals surface area contributed by atoms with Crippen molar-refractivity contribution in [2.75, 3.05) is 6.61 Å². The first-order chi connectivity index (χ1) is 12.3. The molecule has 8 atom stereocenters. The quantitative estimate of drug-likeness (QED) is 0.732. The van der Waals surface area contributed by atoms with Crippen LogP contribution in [0.3, 0.4) is 0 Å².